The van der Waals surface area contributed by atoms with Crippen molar-refractivity contribution in [1.82, 2.24) is 5.32 Å². The molecule has 1 rings (SSSR count). The van der Waals surface area contributed by atoms with Gasteiger partial charge in [0.25, 0.3) is 0 Å². The summed E-state index contributed by atoms with van der Waals surface area (Å²) in [6, 6.07) is 4.95. The summed E-state index contributed by atoms with van der Waals surface area (Å²) in [5, 5.41) is 2.86. The zero-order chi connectivity index (χ0) is 12.9. The molecule has 0 bridgehead atoms. The monoisotopic (exact) mass is 249 g/mol. The van der Waals surface area contributed by atoms with Crippen LogP contribution in [0.5, 0.6) is 11.5 Å². The van der Waals surface area contributed by atoms with E-state index in [4.69, 9.17) is 9.47 Å². The molecular formula is C11H14F3NO2. The quantitative estimate of drug-likeness (QED) is 0.869. The Bertz CT molecular complexity index is 366. The average molecular weight is 249 g/mol. The Labute approximate surface area is 97.5 Å². The average Bonchev–Trinajstić information content (AvgIpc) is 2.26. The van der Waals surface area contributed by atoms with Gasteiger partial charge in [0.15, 0.2) is 18.1 Å². The van der Waals surface area contributed by atoms with E-state index in [1.54, 1.807) is 25.2 Å². The first kappa shape index (κ1) is 13.6. The normalized spacial score (nSPS) is 11.4. The van der Waals surface area contributed by atoms with Crippen LogP contribution in [-0.4, -0.2) is 26.9 Å². The van der Waals surface area contributed by atoms with Crippen molar-refractivity contribution in [2.45, 2.75) is 12.7 Å². The van der Waals surface area contributed by atoms with Crippen LogP contribution in [0.25, 0.3) is 0 Å². The van der Waals surface area contributed by atoms with Crippen LogP contribution in [0, 0.1) is 0 Å². The molecule has 0 saturated carbocycles. The number of hydrogen-bond donors (Lipinski definition) is 1. The lowest BCUT2D eigenvalue weighted by atomic mass is 10.2. The van der Waals surface area contributed by atoms with Gasteiger partial charge in [0.1, 0.15) is 0 Å². The van der Waals surface area contributed by atoms with Crippen LogP contribution in [0.4, 0.5) is 13.2 Å². The van der Waals surface area contributed by atoms with Crippen LogP contribution < -0.4 is 14.8 Å². The van der Waals surface area contributed by atoms with Crippen molar-refractivity contribution in [2.24, 2.45) is 0 Å². The van der Waals surface area contributed by atoms with E-state index in [0.29, 0.717) is 17.9 Å². The third-order valence-corrected chi connectivity index (χ3v) is 2.03. The fourth-order valence-electron chi connectivity index (χ4n) is 1.37. The molecule has 0 radical (unpaired) electrons. The predicted molar refractivity (Wildman–Crippen MR) is 57.3 cm³/mol. The minimum atomic E-state index is -4.36. The van der Waals surface area contributed by atoms with Gasteiger partial charge in [0.05, 0.1) is 7.11 Å². The number of halogens is 3. The SMILES string of the molecule is CNCc1cccc(OC)c1OCC(F)(F)F. The Balaban J connectivity index is 2.92. The summed E-state index contributed by atoms with van der Waals surface area (Å²) in [4.78, 5) is 0. The maximum Gasteiger partial charge on any atom is 0.422 e. The molecule has 0 aromatic heterocycles. The van der Waals surface area contributed by atoms with Crippen molar-refractivity contribution in [3.8, 4) is 11.5 Å². The van der Waals surface area contributed by atoms with Gasteiger partial charge in [-0.25, -0.2) is 0 Å². The highest BCUT2D eigenvalue weighted by atomic mass is 19.4. The fourth-order valence-corrected chi connectivity index (χ4v) is 1.37. The van der Waals surface area contributed by atoms with E-state index in [-0.39, 0.29) is 5.75 Å². The summed E-state index contributed by atoms with van der Waals surface area (Å²) >= 11 is 0. The summed E-state index contributed by atoms with van der Waals surface area (Å²) in [6.45, 7) is -0.922. The van der Waals surface area contributed by atoms with Crippen molar-refractivity contribution in [3.05, 3.63) is 23.8 Å². The summed E-state index contributed by atoms with van der Waals surface area (Å²) in [5.41, 5.74) is 0.621. The highest BCUT2D eigenvalue weighted by Crippen LogP contribution is 2.32. The highest BCUT2D eigenvalue weighted by Gasteiger charge is 2.29. The van der Waals surface area contributed by atoms with E-state index in [2.05, 4.69) is 5.32 Å². The lowest BCUT2D eigenvalue weighted by Gasteiger charge is -2.15. The first-order valence-corrected chi connectivity index (χ1v) is 4.98. The standard InChI is InChI=1S/C11H14F3NO2/c1-15-6-8-4-3-5-9(16-2)10(8)17-7-11(12,13)14/h3-5,15H,6-7H2,1-2H3. The van der Waals surface area contributed by atoms with Crippen LogP contribution in [0.2, 0.25) is 0 Å². The van der Waals surface area contributed by atoms with Gasteiger partial charge in [0.2, 0.25) is 0 Å². The van der Waals surface area contributed by atoms with Gasteiger partial charge in [-0.05, 0) is 13.1 Å². The zero-order valence-electron chi connectivity index (χ0n) is 9.60. The number of rotatable bonds is 5. The summed E-state index contributed by atoms with van der Waals surface area (Å²) in [7, 11) is 3.09. The topological polar surface area (TPSA) is 30.5 Å². The number of hydrogen-bond acceptors (Lipinski definition) is 3. The minimum Gasteiger partial charge on any atom is -0.493 e. The number of alkyl halides is 3. The molecule has 3 nitrogen and oxygen atoms in total. The molecular weight excluding hydrogens is 235 g/mol. The lowest BCUT2D eigenvalue weighted by molar-refractivity contribution is -0.153. The van der Waals surface area contributed by atoms with Crippen molar-refractivity contribution >= 4 is 0 Å². The fraction of sp³-hybridized carbons (Fsp3) is 0.455. The smallest absolute Gasteiger partial charge is 0.422 e. The largest absolute Gasteiger partial charge is 0.493 e. The Morgan fingerprint density at radius 3 is 2.53 bits per heavy atom. The zero-order valence-corrected chi connectivity index (χ0v) is 9.60. The molecule has 0 atom stereocenters. The molecule has 0 fully saturated rings. The molecule has 0 aliphatic rings. The van der Waals surface area contributed by atoms with Crippen molar-refractivity contribution < 1.29 is 22.6 Å². The third kappa shape index (κ3) is 4.14. The Kier molecular flexibility index (Phi) is 4.62. The van der Waals surface area contributed by atoms with Crippen LogP contribution in [0.3, 0.4) is 0 Å². The molecule has 0 aliphatic carbocycles. The molecule has 6 heteroatoms. The molecule has 0 amide bonds. The number of para-hydroxylation sites is 1. The number of nitrogens with one attached hydrogen (secondary N) is 1. The van der Waals surface area contributed by atoms with E-state index in [9.17, 15) is 13.2 Å². The van der Waals surface area contributed by atoms with Gasteiger partial charge >= 0.3 is 6.18 Å². The molecule has 1 N–H and O–H groups in total. The Morgan fingerprint density at radius 1 is 1.29 bits per heavy atom. The van der Waals surface area contributed by atoms with E-state index >= 15 is 0 Å². The molecule has 0 saturated heterocycles. The van der Waals surface area contributed by atoms with Crippen molar-refractivity contribution in [1.29, 1.82) is 0 Å². The second kappa shape index (κ2) is 5.77. The molecule has 1 aromatic carbocycles. The summed E-state index contributed by atoms with van der Waals surface area (Å²) in [5.74, 6) is 0.420. The molecule has 0 unspecified atom stereocenters. The van der Waals surface area contributed by atoms with E-state index < -0.39 is 12.8 Å². The van der Waals surface area contributed by atoms with Gasteiger partial charge in [0, 0.05) is 12.1 Å². The first-order valence-electron chi connectivity index (χ1n) is 4.98. The van der Waals surface area contributed by atoms with E-state index in [1.807, 2.05) is 0 Å². The van der Waals surface area contributed by atoms with Crippen LogP contribution >= 0.6 is 0 Å². The van der Waals surface area contributed by atoms with Crippen LogP contribution in [0.1, 0.15) is 5.56 Å². The Hall–Kier alpha value is -1.43. The summed E-state index contributed by atoms with van der Waals surface area (Å²) in [6.07, 6.45) is -4.36. The molecule has 0 spiro atoms. The van der Waals surface area contributed by atoms with Gasteiger partial charge in [-0.2, -0.15) is 13.2 Å². The van der Waals surface area contributed by atoms with Crippen LogP contribution in [0.15, 0.2) is 18.2 Å². The summed E-state index contributed by atoms with van der Waals surface area (Å²) < 4.78 is 46.1. The second-order valence-corrected chi connectivity index (χ2v) is 3.38. The van der Waals surface area contributed by atoms with Gasteiger partial charge in [-0.15, -0.1) is 0 Å². The molecule has 0 heterocycles. The second-order valence-electron chi connectivity index (χ2n) is 3.38. The van der Waals surface area contributed by atoms with E-state index in [1.165, 1.54) is 7.11 Å². The van der Waals surface area contributed by atoms with Gasteiger partial charge < -0.3 is 14.8 Å². The lowest BCUT2D eigenvalue weighted by Crippen LogP contribution is -2.20. The van der Waals surface area contributed by atoms with Crippen molar-refractivity contribution in [2.75, 3.05) is 20.8 Å². The maximum absolute atomic E-state index is 12.1. The minimum absolute atomic E-state index is 0.127. The van der Waals surface area contributed by atoms with Crippen molar-refractivity contribution in [3.63, 3.8) is 0 Å². The van der Waals surface area contributed by atoms with Crippen LogP contribution in [-0.2, 0) is 6.54 Å². The number of benzene rings is 1. The van der Waals surface area contributed by atoms with Gasteiger partial charge in [-0.1, -0.05) is 12.1 Å². The van der Waals surface area contributed by atoms with E-state index in [0.717, 1.165) is 0 Å². The third-order valence-electron chi connectivity index (χ3n) is 2.03. The molecule has 0 aliphatic heterocycles. The number of methoxy groups -OCH3 is 1. The molecule has 17 heavy (non-hydrogen) atoms. The maximum atomic E-state index is 12.1. The first-order chi connectivity index (χ1) is 7.98. The number of ether oxygens (including phenoxy) is 2. The predicted octanol–water partition coefficient (Wildman–Crippen LogP) is 2.36. The molecule has 96 valence electrons. The van der Waals surface area contributed by atoms with Gasteiger partial charge in [-0.3, -0.25) is 0 Å². The molecule has 1 aromatic rings. The highest BCUT2D eigenvalue weighted by molar-refractivity contribution is 5.46. The Morgan fingerprint density at radius 2 is 2.00 bits per heavy atom.